The molecule has 2 aromatic rings. The molecule has 0 aliphatic rings. The van der Waals surface area contributed by atoms with Gasteiger partial charge in [0.2, 0.25) is 0 Å². The molecular weight excluding hydrogens is 452 g/mol. The summed E-state index contributed by atoms with van der Waals surface area (Å²) in [5, 5.41) is 12.8. The Morgan fingerprint density at radius 2 is 1.57 bits per heavy atom. The van der Waals surface area contributed by atoms with Crippen molar-refractivity contribution in [2.24, 2.45) is 0 Å². The zero-order valence-electron chi connectivity index (χ0n) is 21.8. The first-order valence-corrected chi connectivity index (χ1v) is 14.5. The van der Waals surface area contributed by atoms with Gasteiger partial charge in [-0.05, 0) is 28.8 Å². The molecule has 4 nitrogen and oxygen atoms in total. The highest BCUT2D eigenvalue weighted by molar-refractivity contribution is 6.99. The van der Waals surface area contributed by atoms with Gasteiger partial charge >= 0.3 is 5.97 Å². The number of hydrogen-bond donors (Lipinski definition) is 1. The highest BCUT2D eigenvalue weighted by Crippen LogP contribution is 2.38. The van der Waals surface area contributed by atoms with E-state index in [0.717, 1.165) is 19.3 Å². The Bertz CT molecular complexity index is 944. The average molecular weight is 493 g/mol. The maximum atomic E-state index is 11.4. The molecule has 0 heterocycles. The molecule has 0 aliphatic carbocycles. The minimum absolute atomic E-state index is 0.127. The van der Waals surface area contributed by atoms with Gasteiger partial charge in [0.15, 0.2) is 0 Å². The molecule has 188 valence electrons. The standard InChI is InChI=1S/C30H40O4Si/c1-6-8-17-26(24-23-25(31)16-15-22-29(32)33-7-2)34-35(30(3,4)5,27-18-11-9-12-19-27)28-20-13-10-14-21-28/h9-14,18-21,23-26,31H,6-8,16-17H2,1-5H3/b24-23-/t25-,26+/m1/s1. The van der Waals surface area contributed by atoms with Crippen molar-refractivity contribution in [3.05, 3.63) is 72.8 Å². The predicted molar refractivity (Wildman–Crippen MR) is 146 cm³/mol. The van der Waals surface area contributed by atoms with E-state index in [-0.39, 0.29) is 24.2 Å². The van der Waals surface area contributed by atoms with Gasteiger partial charge in [-0.2, -0.15) is 0 Å². The Morgan fingerprint density at radius 1 is 1.00 bits per heavy atom. The summed E-state index contributed by atoms with van der Waals surface area (Å²) in [6.45, 7) is 11.0. The first-order chi connectivity index (χ1) is 16.7. The van der Waals surface area contributed by atoms with Crippen molar-refractivity contribution in [1.82, 2.24) is 0 Å². The number of aliphatic hydroxyl groups excluding tert-OH is 1. The van der Waals surface area contributed by atoms with Gasteiger partial charge in [-0.3, -0.25) is 0 Å². The van der Waals surface area contributed by atoms with E-state index in [2.05, 4.69) is 88.1 Å². The minimum atomic E-state index is -2.71. The van der Waals surface area contributed by atoms with Crippen molar-refractivity contribution < 1.29 is 19.1 Å². The van der Waals surface area contributed by atoms with Crippen molar-refractivity contribution in [3.63, 3.8) is 0 Å². The van der Waals surface area contributed by atoms with Crippen LogP contribution in [0, 0.1) is 11.8 Å². The van der Waals surface area contributed by atoms with E-state index in [9.17, 15) is 9.90 Å². The third-order valence-electron chi connectivity index (χ3n) is 5.91. The number of carbonyl (C=O) groups excluding carboxylic acids is 1. The Morgan fingerprint density at radius 3 is 2.06 bits per heavy atom. The molecule has 0 aliphatic heterocycles. The van der Waals surface area contributed by atoms with Gasteiger partial charge in [-0.25, -0.2) is 4.79 Å². The molecule has 0 unspecified atom stereocenters. The van der Waals surface area contributed by atoms with Gasteiger partial charge in [0.1, 0.15) is 0 Å². The van der Waals surface area contributed by atoms with Crippen molar-refractivity contribution >= 4 is 24.7 Å². The molecule has 35 heavy (non-hydrogen) atoms. The maximum absolute atomic E-state index is 11.4. The van der Waals surface area contributed by atoms with E-state index in [1.807, 2.05) is 18.2 Å². The van der Waals surface area contributed by atoms with Crippen LogP contribution in [0.15, 0.2) is 72.8 Å². The number of rotatable bonds is 11. The molecule has 0 spiro atoms. The summed E-state index contributed by atoms with van der Waals surface area (Å²) in [6.07, 6.45) is 5.88. The Kier molecular flexibility index (Phi) is 11.5. The lowest BCUT2D eigenvalue weighted by Gasteiger charge is -2.45. The molecule has 2 aromatic carbocycles. The quantitative estimate of drug-likeness (QED) is 0.158. The molecule has 2 atom stereocenters. The van der Waals surface area contributed by atoms with Gasteiger partial charge in [0.25, 0.3) is 8.32 Å². The topological polar surface area (TPSA) is 55.8 Å². The fraction of sp³-hybridized carbons (Fsp3) is 0.433. The zero-order chi connectivity index (χ0) is 25.7. The number of benzene rings is 2. The van der Waals surface area contributed by atoms with Crippen LogP contribution in [0.25, 0.3) is 0 Å². The Labute approximate surface area is 212 Å². The van der Waals surface area contributed by atoms with Crippen molar-refractivity contribution in [3.8, 4) is 11.8 Å². The second-order valence-corrected chi connectivity index (χ2v) is 13.9. The summed E-state index contributed by atoms with van der Waals surface area (Å²) in [4.78, 5) is 11.4. The first-order valence-electron chi connectivity index (χ1n) is 12.6. The van der Waals surface area contributed by atoms with Gasteiger partial charge < -0.3 is 14.3 Å². The molecule has 0 aromatic heterocycles. The molecule has 0 amide bonds. The summed E-state index contributed by atoms with van der Waals surface area (Å²) in [5.74, 6) is 4.54. The number of aliphatic hydroxyl groups is 1. The summed E-state index contributed by atoms with van der Waals surface area (Å²) >= 11 is 0. The van der Waals surface area contributed by atoms with Crippen LogP contribution in [0.2, 0.25) is 5.04 Å². The third kappa shape index (κ3) is 8.21. The van der Waals surface area contributed by atoms with E-state index in [1.165, 1.54) is 10.4 Å². The van der Waals surface area contributed by atoms with Crippen LogP contribution in [0.4, 0.5) is 0 Å². The first kappa shape index (κ1) is 28.6. The van der Waals surface area contributed by atoms with Crippen molar-refractivity contribution in [2.75, 3.05) is 6.61 Å². The molecule has 0 saturated carbocycles. The highest BCUT2D eigenvalue weighted by Gasteiger charge is 2.51. The molecule has 0 saturated heterocycles. The van der Waals surface area contributed by atoms with Crippen LogP contribution in [-0.2, 0) is 14.0 Å². The zero-order valence-corrected chi connectivity index (χ0v) is 22.8. The lowest BCUT2D eigenvalue weighted by atomic mass is 10.1. The van der Waals surface area contributed by atoms with Crippen LogP contribution >= 0.6 is 0 Å². The van der Waals surface area contributed by atoms with E-state index >= 15 is 0 Å². The lowest BCUT2D eigenvalue weighted by molar-refractivity contribution is -0.136. The minimum Gasteiger partial charge on any atom is -0.456 e. The number of unbranched alkanes of at least 4 members (excludes halogenated alkanes) is 1. The van der Waals surface area contributed by atoms with Crippen molar-refractivity contribution in [2.45, 2.75) is 77.5 Å². The SMILES string of the molecule is CCCC[C@@H](/C=C\[C@H](O)CC#CC(=O)OCC)O[Si](c1ccccc1)(c1ccccc1)C(C)(C)C. The van der Waals surface area contributed by atoms with E-state index in [1.54, 1.807) is 13.0 Å². The monoisotopic (exact) mass is 492 g/mol. The number of ether oxygens (including phenoxy) is 1. The smallest absolute Gasteiger partial charge is 0.384 e. The molecule has 0 bridgehead atoms. The Hall–Kier alpha value is -2.65. The van der Waals surface area contributed by atoms with Gasteiger partial charge in [0.05, 0.1) is 18.8 Å². The predicted octanol–water partition coefficient (Wildman–Crippen LogP) is 5.00. The second-order valence-electron chi connectivity index (χ2n) is 9.64. The largest absolute Gasteiger partial charge is 0.456 e. The molecule has 0 radical (unpaired) electrons. The van der Waals surface area contributed by atoms with Crippen LogP contribution < -0.4 is 10.4 Å². The summed E-state index contributed by atoms with van der Waals surface area (Å²) in [5.41, 5.74) is 0. The summed E-state index contributed by atoms with van der Waals surface area (Å²) in [6, 6.07) is 21.1. The van der Waals surface area contributed by atoms with Gasteiger partial charge in [-0.1, -0.05) is 119 Å². The van der Waals surface area contributed by atoms with E-state index < -0.39 is 20.4 Å². The maximum Gasteiger partial charge on any atom is 0.384 e. The van der Waals surface area contributed by atoms with E-state index in [4.69, 9.17) is 9.16 Å². The summed E-state index contributed by atoms with van der Waals surface area (Å²) in [7, 11) is -2.71. The highest BCUT2D eigenvalue weighted by atomic mass is 28.4. The molecule has 5 heteroatoms. The average Bonchev–Trinajstić information content (AvgIpc) is 2.84. The van der Waals surface area contributed by atoms with E-state index in [0.29, 0.717) is 0 Å². The van der Waals surface area contributed by atoms with Crippen LogP contribution in [0.3, 0.4) is 0 Å². The third-order valence-corrected chi connectivity index (χ3v) is 11.0. The number of hydrogen-bond acceptors (Lipinski definition) is 4. The van der Waals surface area contributed by atoms with Crippen LogP contribution in [0.5, 0.6) is 0 Å². The fourth-order valence-electron chi connectivity index (χ4n) is 4.23. The van der Waals surface area contributed by atoms with Gasteiger partial charge in [-0.15, -0.1) is 0 Å². The number of esters is 1. The van der Waals surface area contributed by atoms with Crippen LogP contribution in [0.1, 0.15) is 60.3 Å². The molecule has 0 fully saturated rings. The molecular formula is C30H40O4Si. The molecule has 2 rings (SSSR count). The van der Waals surface area contributed by atoms with Gasteiger partial charge in [0, 0.05) is 12.3 Å². The molecule has 1 N–H and O–H groups in total. The summed E-state index contributed by atoms with van der Waals surface area (Å²) < 4.78 is 12.0. The lowest BCUT2D eigenvalue weighted by Crippen LogP contribution is -2.67. The second kappa shape index (κ2) is 14.0. The van der Waals surface area contributed by atoms with Crippen molar-refractivity contribution in [1.29, 1.82) is 0 Å². The number of carbonyl (C=O) groups is 1. The normalized spacial score (nSPS) is 13.7. The fourth-order valence-corrected chi connectivity index (χ4v) is 8.90. The Balaban J connectivity index is 2.41. The van der Waals surface area contributed by atoms with Crippen LogP contribution in [-0.4, -0.2) is 38.2 Å².